The van der Waals surface area contributed by atoms with Crippen LogP contribution in [-0.2, 0) is 30.3 Å². The third-order valence-corrected chi connectivity index (χ3v) is 7.84. The van der Waals surface area contributed by atoms with Gasteiger partial charge in [-0.2, -0.15) is 0 Å². The Labute approximate surface area is 213 Å². The number of hydrogen-bond donors (Lipinski definition) is 1. The van der Waals surface area contributed by atoms with Crippen LogP contribution in [0.15, 0.2) is 43.0 Å². The highest BCUT2D eigenvalue weighted by atomic mass is 16.6. The Morgan fingerprint density at radius 2 is 2.03 bits per heavy atom. The summed E-state index contributed by atoms with van der Waals surface area (Å²) in [7, 11) is 0. The number of aliphatic hydroxyl groups excluding tert-OH is 1. The Hall–Kier alpha value is -2.71. The molecular weight excluding hydrogens is 460 g/mol. The minimum atomic E-state index is -1.13. The molecule has 0 aromatic heterocycles. The van der Waals surface area contributed by atoms with Crippen LogP contribution in [0.5, 0.6) is 0 Å². The first kappa shape index (κ1) is 26.4. The van der Waals surface area contributed by atoms with E-state index in [-0.39, 0.29) is 25.0 Å². The van der Waals surface area contributed by atoms with Crippen LogP contribution in [0.1, 0.15) is 46.1 Å². The summed E-state index contributed by atoms with van der Waals surface area (Å²) in [5, 5.41) is 10.5. The summed E-state index contributed by atoms with van der Waals surface area (Å²) < 4.78 is 11.8. The van der Waals surface area contributed by atoms with E-state index >= 15 is 0 Å². The van der Waals surface area contributed by atoms with Crippen molar-refractivity contribution in [2.75, 3.05) is 19.8 Å². The predicted molar refractivity (Wildman–Crippen MR) is 134 cm³/mol. The number of rotatable bonds is 9. The van der Waals surface area contributed by atoms with Crippen molar-refractivity contribution >= 4 is 17.8 Å². The van der Waals surface area contributed by atoms with Crippen LogP contribution < -0.4 is 0 Å². The van der Waals surface area contributed by atoms with Crippen molar-refractivity contribution in [3.8, 4) is 0 Å². The summed E-state index contributed by atoms with van der Waals surface area (Å²) in [6.45, 7) is 11.5. The van der Waals surface area contributed by atoms with Gasteiger partial charge in [0.25, 0.3) is 0 Å². The highest BCUT2D eigenvalue weighted by Gasteiger charge is 2.75. The Balaban J connectivity index is 1.81. The van der Waals surface area contributed by atoms with Crippen molar-refractivity contribution in [3.05, 3.63) is 48.6 Å². The molecule has 0 saturated carbocycles. The van der Waals surface area contributed by atoms with Gasteiger partial charge in [0.05, 0.1) is 37.2 Å². The lowest BCUT2D eigenvalue weighted by atomic mass is 9.70. The van der Waals surface area contributed by atoms with Gasteiger partial charge >= 0.3 is 5.97 Å². The van der Waals surface area contributed by atoms with E-state index in [0.717, 1.165) is 5.56 Å². The minimum Gasteiger partial charge on any atom is -0.466 e. The van der Waals surface area contributed by atoms with Crippen LogP contribution in [0.4, 0.5) is 0 Å². The van der Waals surface area contributed by atoms with Gasteiger partial charge in [0.15, 0.2) is 0 Å². The number of aliphatic hydroxyl groups is 1. The number of benzene rings is 1. The van der Waals surface area contributed by atoms with Gasteiger partial charge in [-0.1, -0.05) is 36.4 Å². The largest absolute Gasteiger partial charge is 0.466 e. The fourth-order valence-corrected chi connectivity index (χ4v) is 6.38. The van der Waals surface area contributed by atoms with Gasteiger partial charge in [-0.05, 0) is 52.5 Å². The number of fused-ring (bicyclic) bond motifs is 1. The Bertz CT molecular complexity index is 1010. The van der Waals surface area contributed by atoms with Crippen LogP contribution in [-0.4, -0.2) is 81.8 Å². The molecule has 3 heterocycles. The number of nitrogens with zero attached hydrogens (tertiary/aromatic N) is 2. The molecule has 3 fully saturated rings. The van der Waals surface area contributed by atoms with Crippen LogP contribution in [0.2, 0.25) is 0 Å². The fourth-order valence-electron chi connectivity index (χ4n) is 6.38. The van der Waals surface area contributed by atoms with Gasteiger partial charge in [0.1, 0.15) is 11.6 Å². The van der Waals surface area contributed by atoms with E-state index in [1.807, 2.05) is 51.1 Å². The van der Waals surface area contributed by atoms with Crippen molar-refractivity contribution in [3.63, 3.8) is 0 Å². The molecule has 2 amide bonds. The maximum Gasteiger partial charge on any atom is 0.312 e. The van der Waals surface area contributed by atoms with Gasteiger partial charge in [0.2, 0.25) is 11.8 Å². The zero-order valence-electron chi connectivity index (χ0n) is 21.7. The summed E-state index contributed by atoms with van der Waals surface area (Å²) in [6.07, 6.45) is 2.65. The lowest BCUT2D eigenvalue weighted by molar-refractivity contribution is -0.157. The van der Waals surface area contributed by atoms with E-state index < -0.39 is 47.1 Å². The first-order chi connectivity index (χ1) is 17.1. The molecule has 196 valence electrons. The lowest BCUT2D eigenvalue weighted by Crippen LogP contribution is -2.61. The van der Waals surface area contributed by atoms with E-state index in [9.17, 15) is 19.5 Å². The molecule has 3 aliphatic rings. The zero-order valence-corrected chi connectivity index (χ0v) is 21.7. The molecule has 4 rings (SSSR count). The zero-order chi connectivity index (χ0) is 26.3. The van der Waals surface area contributed by atoms with Gasteiger partial charge in [-0.25, -0.2) is 0 Å². The number of carbonyl (C=O) groups is 3. The summed E-state index contributed by atoms with van der Waals surface area (Å²) in [4.78, 5) is 44.7. The number of hydrogen-bond acceptors (Lipinski definition) is 6. The van der Waals surface area contributed by atoms with E-state index in [1.165, 1.54) is 4.90 Å². The maximum atomic E-state index is 14.3. The Morgan fingerprint density at radius 3 is 2.61 bits per heavy atom. The van der Waals surface area contributed by atoms with Gasteiger partial charge < -0.3 is 24.4 Å². The van der Waals surface area contributed by atoms with Crippen LogP contribution in [0.25, 0.3) is 0 Å². The lowest BCUT2D eigenvalue weighted by Gasteiger charge is -2.43. The molecule has 0 unspecified atom stereocenters. The third kappa shape index (κ3) is 4.24. The standard InChI is InChI=1S/C28H38N2O6/c1-6-15-29(27(3,4)5)25(33)23-28-14-13-20(36-28)21(26(34)35-7-2)22(28)24(32)30(23)19(17-31)16-18-11-9-8-10-12-18/h6,8-12,19-23,31H,1,7,13-17H2,2-5H3/t19-,20+,21-,22-,23+,28-/m1/s1. The SMILES string of the molecule is C=CCN(C(=O)[C@@H]1N([C@@H](CO)Cc2ccccc2)C(=O)[C@H]2[C@H](C(=O)OCC)[C@@H]3CC[C@]12O3)C(C)(C)C. The third-order valence-electron chi connectivity index (χ3n) is 7.84. The second kappa shape index (κ2) is 9.98. The second-order valence-corrected chi connectivity index (χ2v) is 11.0. The molecule has 8 nitrogen and oxygen atoms in total. The molecular formula is C28H38N2O6. The summed E-state index contributed by atoms with van der Waals surface area (Å²) >= 11 is 0. The summed E-state index contributed by atoms with van der Waals surface area (Å²) in [5.41, 5.74) is -0.735. The van der Waals surface area contributed by atoms with Gasteiger partial charge in [-0.3, -0.25) is 14.4 Å². The molecule has 6 atom stereocenters. The number of ether oxygens (including phenoxy) is 2. The first-order valence-electron chi connectivity index (χ1n) is 12.8. The van der Waals surface area contributed by atoms with Crippen molar-refractivity contribution in [1.29, 1.82) is 0 Å². The monoisotopic (exact) mass is 498 g/mol. The van der Waals surface area contributed by atoms with Crippen LogP contribution in [0.3, 0.4) is 0 Å². The van der Waals surface area contributed by atoms with Crippen molar-refractivity contribution in [2.45, 2.75) is 76.3 Å². The smallest absolute Gasteiger partial charge is 0.312 e. The topological polar surface area (TPSA) is 96.4 Å². The Morgan fingerprint density at radius 1 is 1.33 bits per heavy atom. The second-order valence-electron chi connectivity index (χ2n) is 11.0. The van der Waals surface area contributed by atoms with Crippen molar-refractivity contribution in [2.24, 2.45) is 11.8 Å². The van der Waals surface area contributed by atoms with Crippen molar-refractivity contribution < 1.29 is 29.0 Å². The van der Waals surface area contributed by atoms with E-state index in [2.05, 4.69) is 6.58 Å². The highest BCUT2D eigenvalue weighted by Crippen LogP contribution is 2.59. The van der Waals surface area contributed by atoms with Crippen LogP contribution in [0, 0.1) is 11.8 Å². The van der Waals surface area contributed by atoms with Gasteiger partial charge in [-0.15, -0.1) is 6.58 Å². The highest BCUT2D eigenvalue weighted by molar-refractivity contribution is 5.98. The molecule has 2 bridgehead atoms. The van der Waals surface area contributed by atoms with Gasteiger partial charge in [0, 0.05) is 12.1 Å². The normalized spacial score (nSPS) is 29.7. The minimum absolute atomic E-state index is 0.201. The molecule has 3 aliphatic heterocycles. The average Bonchev–Trinajstić information content (AvgIpc) is 3.48. The summed E-state index contributed by atoms with van der Waals surface area (Å²) in [6, 6.07) is 7.96. The van der Waals surface area contributed by atoms with Crippen molar-refractivity contribution in [1.82, 2.24) is 9.80 Å². The average molecular weight is 499 g/mol. The Kier molecular flexibility index (Phi) is 7.30. The molecule has 0 aliphatic carbocycles. The molecule has 8 heteroatoms. The molecule has 1 N–H and O–H groups in total. The summed E-state index contributed by atoms with van der Waals surface area (Å²) in [5.74, 6) is -2.62. The predicted octanol–water partition coefficient (Wildman–Crippen LogP) is 2.34. The van der Waals surface area contributed by atoms with Crippen LogP contribution >= 0.6 is 0 Å². The maximum absolute atomic E-state index is 14.3. The molecule has 36 heavy (non-hydrogen) atoms. The molecule has 1 aromatic carbocycles. The first-order valence-corrected chi connectivity index (χ1v) is 12.8. The molecule has 1 aromatic rings. The van der Waals surface area contributed by atoms with E-state index in [4.69, 9.17) is 9.47 Å². The number of likely N-dealkylation sites (tertiary alicyclic amines) is 1. The quantitative estimate of drug-likeness (QED) is 0.415. The number of esters is 1. The number of amides is 2. The van der Waals surface area contributed by atoms with E-state index in [0.29, 0.717) is 25.8 Å². The molecule has 3 saturated heterocycles. The number of carbonyl (C=O) groups excluding carboxylic acids is 3. The molecule has 1 spiro atoms. The molecule has 0 radical (unpaired) electrons. The fraction of sp³-hybridized carbons (Fsp3) is 0.607. The van der Waals surface area contributed by atoms with E-state index in [1.54, 1.807) is 17.9 Å².